The van der Waals surface area contributed by atoms with Gasteiger partial charge in [0.1, 0.15) is 0 Å². The van der Waals surface area contributed by atoms with Crippen LogP contribution in [0.3, 0.4) is 0 Å². The number of hydrogen-bond donors (Lipinski definition) is 0. The maximum atomic E-state index is 8.59. The molecule has 0 unspecified atom stereocenters. The van der Waals surface area contributed by atoms with E-state index in [1.165, 1.54) is 0 Å². The quantitative estimate of drug-likeness (QED) is 0.512. The van der Waals surface area contributed by atoms with Gasteiger partial charge in [0.2, 0.25) is 0 Å². The summed E-state index contributed by atoms with van der Waals surface area (Å²) in [5, 5.41) is 0. The minimum absolute atomic E-state index is 2.00. The molecule has 7 heteroatoms. The Balaban J connectivity index is 0. The average Bonchev–Trinajstić information content (AvgIpc) is 1.33. The molecule has 0 aliphatic heterocycles. The fourth-order valence-corrected chi connectivity index (χ4v) is 0. The van der Waals surface area contributed by atoms with Crippen molar-refractivity contribution in [2.24, 2.45) is 0 Å². The fraction of sp³-hybridized carbons (Fsp3) is 0. The van der Waals surface area contributed by atoms with Crippen molar-refractivity contribution < 1.29 is 53.1 Å². The van der Waals surface area contributed by atoms with E-state index in [2.05, 4.69) is 0 Å². The van der Waals surface area contributed by atoms with E-state index < -0.39 is 36.3 Å². The van der Waals surface area contributed by atoms with Crippen LogP contribution in [0.1, 0.15) is 0 Å². The average molecular weight is 224 g/mol. The molecule has 5 nitrogen and oxygen atoms in total. The molecule has 0 fully saturated rings. The van der Waals surface area contributed by atoms with Gasteiger partial charge in [0.15, 0.2) is 0 Å². The Morgan fingerprint density at radius 1 is 1.00 bits per heavy atom. The monoisotopic (exact) mass is 226 g/mol. The van der Waals surface area contributed by atoms with Crippen LogP contribution in [0.15, 0.2) is 0 Å². The van der Waals surface area contributed by atoms with Crippen molar-refractivity contribution in [3.63, 3.8) is 0 Å². The van der Waals surface area contributed by atoms with Gasteiger partial charge in [-0.1, -0.05) is 0 Å². The van der Waals surface area contributed by atoms with Crippen molar-refractivity contribution in [2.75, 3.05) is 0 Å². The third-order valence-electron chi connectivity index (χ3n) is 0. The van der Waals surface area contributed by atoms with Gasteiger partial charge in [-0.3, -0.25) is 0 Å². The summed E-state index contributed by atoms with van der Waals surface area (Å²) in [6.45, 7) is 0. The summed E-state index contributed by atoms with van der Waals surface area (Å²) < 4.78 is 42.8. The predicted molar refractivity (Wildman–Crippen MR) is 3.43 cm³/mol. The Hall–Kier alpha value is 0.403. The third-order valence-corrected chi connectivity index (χ3v) is 0. The molecule has 0 heterocycles. The Kier molecular flexibility index (Phi) is 14.3. The van der Waals surface area contributed by atoms with Crippen LogP contribution >= 0.6 is 0 Å². The molecule has 0 aromatic rings. The van der Waals surface area contributed by atoms with E-state index in [9.17, 15) is 0 Å². The molecule has 0 atom stereocenters. The van der Waals surface area contributed by atoms with Crippen LogP contribution in [0, 0.1) is 0 Å². The molecular weight excluding hydrogens is 224 g/mol. The van der Waals surface area contributed by atoms with Crippen LogP contribution in [0.25, 0.3) is 0 Å². The van der Waals surface area contributed by atoms with Crippen LogP contribution in [0.5, 0.6) is 0 Å². The summed E-state index contributed by atoms with van der Waals surface area (Å²) in [6, 6.07) is 0. The van der Waals surface area contributed by atoms with Gasteiger partial charge in [-0.2, -0.15) is 0 Å². The molecule has 0 saturated heterocycles. The maximum absolute atomic E-state index is 8.59. The molecule has 0 aliphatic rings. The minimum atomic E-state index is -4.11. The summed E-state index contributed by atoms with van der Waals surface area (Å²) in [4.78, 5) is 0. The van der Waals surface area contributed by atoms with Gasteiger partial charge < -0.3 is 0 Å². The summed E-state index contributed by atoms with van der Waals surface area (Å²) in [5.74, 6) is 0. The first-order chi connectivity index (χ1) is 3.15. The molecule has 0 aromatic carbocycles. The molecule has 0 spiro atoms. The van der Waals surface area contributed by atoms with E-state index in [-0.39, 0.29) is 0 Å². The van der Waals surface area contributed by atoms with Crippen molar-refractivity contribution >= 4 is 0 Å². The summed E-state index contributed by atoms with van der Waals surface area (Å²) in [6.07, 6.45) is 0. The Labute approximate surface area is 53.1 Å². The van der Waals surface area contributed by atoms with Gasteiger partial charge in [-0.15, -0.1) is 0 Å². The molecule has 40 valence electrons. The number of rotatable bonds is 0. The second kappa shape index (κ2) is 9.64. The summed E-state index contributed by atoms with van der Waals surface area (Å²) in [7, 11) is 0. The molecule has 7 heavy (non-hydrogen) atoms. The van der Waals surface area contributed by atoms with Crippen molar-refractivity contribution in [3.8, 4) is 0 Å². The zero-order chi connectivity index (χ0) is 6.28. The second-order valence-corrected chi connectivity index (χ2v) is 1.55. The Bertz CT molecular complexity index is 135. The van der Waals surface area contributed by atoms with Gasteiger partial charge in [0.05, 0.1) is 0 Å². The molecule has 0 radical (unpaired) electrons. The molecule has 0 aromatic heterocycles. The molecule has 0 amide bonds. The molecular formula is MoO5Ti. The topological polar surface area (TPSA) is 85.3 Å². The van der Waals surface area contributed by atoms with E-state index in [0.29, 0.717) is 0 Å². The van der Waals surface area contributed by atoms with E-state index in [0.717, 1.165) is 0 Å². The van der Waals surface area contributed by atoms with Crippen LogP contribution in [0.2, 0.25) is 0 Å². The van der Waals surface area contributed by atoms with E-state index in [4.69, 9.17) is 16.8 Å². The first kappa shape index (κ1) is 10.4. The molecule has 0 rings (SSSR count). The van der Waals surface area contributed by atoms with Gasteiger partial charge in [0.25, 0.3) is 0 Å². The summed E-state index contributed by atoms with van der Waals surface area (Å²) >= 11 is -6.11. The van der Waals surface area contributed by atoms with Gasteiger partial charge in [0, 0.05) is 0 Å². The van der Waals surface area contributed by atoms with Crippen molar-refractivity contribution in [1.29, 1.82) is 0 Å². The zero-order valence-corrected chi connectivity index (χ0v) is 6.52. The SMILES string of the molecule is [O]=[Mo](=[O])=[O].[O]=[Ti]=[O]. The molecule has 0 N–H and O–H groups in total. The van der Waals surface area contributed by atoms with Crippen LogP contribution < -0.4 is 0 Å². The van der Waals surface area contributed by atoms with Gasteiger partial charge in [-0.25, -0.2) is 0 Å². The first-order valence-electron chi connectivity index (χ1n) is 0.908. The summed E-state index contributed by atoms with van der Waals surface area (Å²) in [5.41, 5.74) is 0. The second-order valence-electron chi connectivity index (χ2n) is 0.287. The third kappa shape index (κ3) is 766. The van der Waals surface area contributed by atoms with Crippen molar-refractivity contribution in [3.05, 3.63) is 0 Å². The van der Waals surface area contributed by atoms with Gasteiger partial charge in [-0.05, 0) is 0 Å². The molecule has 0 aliphatic carbocycles. The van der Waals surface area contributed by atoms with Crippen molar-refractivity contribution in [2.45, 2.75) is 0 Å². The van der Waals surface area contributed by atoms with Crippen LogP contribution in [-0.2, 0) is 53.1 Å². The van der Waals surface area contributed by atoms with E-state index in [1.807, 2.05) is 0 Å². The van der Waals surface area contributed by atoms with E-state index >= 15 is 0 Å². The van der Waals surface area contributed by atoms with Crippen LogP contribution in [-0.4, -0.2) is 0 Å². The first-order valence-corrected chi connectivity index (χ1v) is 4.64. The van der Waals surface area contributed by atoms with Crippen molar-refractivity contribution in [1.82, 2.24) is 0 Å². The number of hydrogen-bond acceptors (Lipinski definition) is 5. The zero-order valence-electron chi connectivity index (χ0n) is 2.95. The fourth-order valence-electron chi connectivity index (χ4n) is 0. The van der Waals surface area contributed by atoms with Gasteiger partial charge >= 0.3 is 53.1 Å². The Morgan fingerprint density at radius 2 is 1.00 bits per heavy atom. The predicted octanol–water partition coefficient (Wildman–Crippen LogP) is -0.599. The Morgan fingerprint density at radius 3 is 1.00 bits per heavy atom. The molecule has 0 bridgehead atoms. The molecule has 0 saturated carbocycles. The van der Waals surface area contributed by atoms with E-state index in [1.54, 1.807) is 0 Å². The standard InChI is InChI=1S/Mo.5O.Ti. The van der Waals surface area contributed by atoms with Crippen LogP contribution in [0.4, 0.5) is 0 Å². The normalized spacial score (nSPS) is 4.57.